The maximum absolute atomic E-state index is 11.5. The Balaban J connectivity index is 2.34. The number of hydrogen-bond donors (Lipinski definition) is 3. The summed E-state index contributed by atoms with van der Waals surface area (Å²) in [6.07, 6.45) is 3.21. The molecule has 1 aromatic heterocycles. The molecule has 0 atom stereocenters. The molecular weight excluding hydrogens is 208 g/mol. The number of carbonyl (C=O) groups is 1. The van der Waals surface area contributed by atoms with Crippen LogP contribution in [-0.4, -0.2) is 39.3 Å². The van der Waals surface area contributed by atoms with Gasteiger partial charge < -0.3 is 10.4 Å². The summed E-state index contributed by atoms with van der Waals surface area (Å²) in [5.41, 5.74) is 0. The number of aryl methyl sites for hydroxylation is 1. The zero-order chi connectivity index (χ0) is 11.8. The number of rotatable bonds is 7. The van der Waals surface area contributed by atoms with Gasteiger partial charge in [-0.25, -0.2) is 4.98 Å². The standard InChI is InChI=1S/C10H18N4O2/c1-2-5-8-12-9(14-13-8)10(16)11-6-3-4-7-15/h15H,2-7H2,1H3,(H,11,16)(H,12,13,14). The fourth-order valence-electron chi connectivity index (χ4n) is 1.26. The molecule has 0 saturated carbocycles. The van der Waals surface area contributed by atoms with Crippen molar-refractivity contribution in [1.82, 2.24) is 20.5 Å². The molecule has 1 aromatic rings. The van der Waals surface area contributed by atoms with E-state index in [-0.39, 0.29) is 18.3 Å². The number of aromatic nitrogens is 3. The Bertz CT molecular complexity index is 324. The van der Waals surface area contributed by atoms with Gasteiger partial charge in [-0.2, -0.15) is 0 Å². The third-order valence-corrected chi connectivity index (χ3v) is 2.09. The molecule has 6 nitrogen and oxygen atoms in total. The summed E-state index contributed by atoms with van der Waals surface area (Å²) >= 11 is 0. The van der Waals surface area contributed by atoms with Crippen LogP contribution in [0.3, 0.4) is 0 Å². The first-order valence-corrected chi connectivity index (χ1v) is 5.58. The lowest BCUT2D eigenvalue weighted by molar-refractivity contribution is 0.0942. The molecule has 0 saturated heterocycles. The third-order valence-electron chi connectivity index (χ3n) is 2.09. The number of hydrogen-bond acceptors (Lipinski definition) is 4. The highest BCUT2D eigenvalue weighted by Gasteiger charge is 2.10. The first-order chi connectivity index (χ1) is 7.77. The summed E-state index contributed by atoms with van der Waals surface area (Å²) in [7, 11) is 0. The normalized spacial score (nSPS) is 10.4. The number of aliphatic hydroxyl groups is 1. The number of H-pyrrole nitrogens is 1. The smallest absolute Gasteiger partial charge is 0.290 e. The van der Waals surface area contributed by atoms with Crippen molar-refractivity contribution >= 4 is 5.91 Å². The van der Waals surface area contributed by atoms with E-state index in [1.54, 1.807) is 0 Å². The fraction of sp³-hybridized carbons (Fsp3) is 0.700. The fourth-order valence-corrected chi connectivity index (χ4v) is 1.26. The summed E-state index contributed by atoms with van der Waals surface area (Å²) in [6.45, 7) is 2.73. The highest BCUT2D eigenvalue weighted by Crippen LogP contribution is 1.96. The van der Waals surface area contributed by atoms with Crippen LogP contribution < -0.4 is 5.32 Å². The molecule has 1 amide bonds. The number of aromatic amines is 1. The monoisotopic (exact) mass is 226 g/mol. The summed E-state index contributed by atoms with van der Waals surface area (Å²) in [4.78, 5) is 15.6. The van der Waals surface area contributed by atoms with Crippen molar-refractivity contribution in [1.29, 1.82) is 0 Å². The first-order valence-electron chi connectivity index (χ1n) is 5.58. The van der Waals surface area contributed by atoms with Gasteiger partial charge in [-0.3, -0.25) is 9.89 Å². The minimum atomic E-state index is -0.267. The number of unbranched alkanes of at least 4 members (excludes halogenated alkanes) is 1. The number of aliphatic hydroxyl groups excluding tert-OH is 1. The summed E-state index contributed by atoms with van der Waals surface area (Å²) < 4.78 is 0. The first kappa shape index (κ1) is 12.6. The predicted octanol–water partition coefficient (Wildman–Crippen LogP) is 0.259. The molecule has 6 heteroatoms. The maximum Gasteiger partial charge on any atom is 0.290 e. The summed E-state index contributed by atoms with van der Waals surface area (Å²) in [5, 5.41) is 17.8. The minimum Gasteiger partial charge on any atom is -0.396 e. The zero-order valence-corrected chi connectivity index (χ0v) is 9.49. The van der Waals surface area contributed by atoms with Gasteiger partial charge in [-0.15, -0.1) is 5.10 Å². The number of amides is 1. The number of nitrogens with zero attached hydrogens (tertiary/aromatic N) is 2. The quantitative estimate of drug-likeness (QED) is 0.582. The molecule has 0 radical (unpaired) electrons. The molecule has 16 heavy (non-hydrogen) atoms. The van der Waals surface area contributed by atoms with E-state index in [0.29, 0.717) is 13.0 Å². The second kappa shape index (κ2) is 6.95. The van der Waals surface area contributed by atoms with E-state index in [4.69, 9.17) is 5.11 Å². The largest absolute Gasteiger partial charge is 0.396 e. The predicted molar refractivity (Wildman–Crippen MR) is 59.0 cm³/mol. The Morgan fingerprint density at radius 3 is 3.00 bits per heavy atom. The Labute approximate surface area is 94.5 Å². The molecule has 90 valence electrons. The van der Waals surface area contributed by atoms with Gasteiger partial charge in [-0.1, -0.05) is 6.92 Å². The number of carbonyl (C=O) groups excluding carboxylic acids is 1. The van der Waals surface area contributed by atoms with Crippen LogP contribution in [0, 0.1) is 0 Å². The van der Waals surface area contributed by atoms with Crippen molar-refractivity contribution in [2.45, 2.75) is 32.6 Å². The van der Waals surface area contributed by atoms with Crippen LogP contribution in [-0.2, 0) is 6.42 Å². The molecule has 0 aliphatic rings. The SMILES string of the molecule is CCCc1nc(C(=O)NCCCCO)n[nH]1. The topological polar surface area (TPSA) is 90.9 Å². The average molecular weight is 226 g/mol. The van der Waals surface area contributed by atoms with Crippen LogP contribution >= 0.6 is 0 Å². The van der Waals surface area contributed by atoms with Crippen LogP contribution in [0.15, 0.2) is 0 Å². The van der Waals surface area contributed by atoms with Gasteiger partial charge >= 0.3 is 0 Å². The van der Waals surface area contributed by atoms with Gasteiger partial charge in [0.1, 0.15) is 5.82 Å². The second-order valence-electron chi connectivity index (χ2n) is 3.54. The molecule has 1 heterocycles. The average Bonchev–Trinajstić information content (AvgIpc) is 2.73. The van der Waals surface area contributed by atoms with E-state index >= 15 is 0 Å². The molecule has 0 bridgehead atoms. The highest BCUT2D eigenvalue weighted by atomic mass is 16.2. The van der Waals surface area contributed by atoms with Crippen molar-refractivity contribution < 1.29 is 9.90 Å². The van der Waals surface area contributed by atoms with Gasteiger partial charge in [0.15, 0.2) is 0 Å². The van der Waals surface area contributed by atoms with Gasteiger partial charge in [0, 0.05) is 19.6 Å². The van der Waals surface area contributed by atoms with Crippen molar-refractivity contribution in [3.8, 4) is 0 Å². The van der Waals surface area contributed by atoms with Crippen molar-refractivity contribution in [3.05, 3.63) is 11.6 Å². The Morgan fingerprint density at radius 2 is 2.31 bits per heavy atom. The van der Waals surface area contributed by atoms with Gasteiger partial charge in [0.05, 0.1) is 0 Å². The molecule has 0 unspecified atom stereocenters. The molecule has 1 rings (SSSR count). The lowest BCUT2D eigenvalue weighted by atomic mass is 10.3. The Morgan fingerprint density at radius 1 is 1.50 bits per heavy atom. The molecule has 0 spiro atoms. The van der Waals surface area contributed by atoms with E-state index in [1.165, 1.54) is 0 Å². The molecule has 0 fully saturated rings. The molecule has 0 aromatic carbocycles. The van der Waals surface area contributed by atoms with E-state index in [2.05, 4.69) is 20.5 Å². The number of nitrogens with one attached hydrogen (secondary N) is 2. The van der Waals surface area contributed by atoms with Gasteiger partial charge in [0.25, 0.3) is 5.91 Å². The molecule has 3 N–H and O–H groups in total. The second-order valence-corrected chi connectivity index (χ2v) is 3.54. The highest BCUT2D eigenvalue weighted by molar-refractivity contribution is 5.90. The summed E-state index contributed by atoms with van der Waals surface area (Å²) in [5.74, 6) is 0.659. The minimum absolute atomic E-state index is 0.150. The molecular formula is C10H18N4O2. The van der Waals surface area contributed by atoms with Crippen LogP contribution in [0.4, 0.5) is 0 Å². The van der Waals surface area contributed by atoms with E-state index in [9.17, 15) is 4.79 Å². The van der Waals surface area contributed by atoms with E-state index in [1.807, 2.05) is 6.92 Å². The Kier molecular flexibility index (Phi) is 5.49. The molecule has 0 aliphatic heterocycles. The third kappa shape index (κ3) is 3.98. The Hall–Kier alpha value is -1.43. The van der Waals surface area contributed by atoms with E-state index in [0.717, 1.165) is 25.1 Å². The van der Waals surface area contributed by atoms with Crippen molar-refractivity contribution in [2.75, 3.05) is 13.2 Å². The maximum atomic E-state index is 11.5. The van der Waals surface area contributed by atoms with Crippen LogP contribution in [0.1, 0.15) is 42.6 Å². The van der Waals surface area contributed by atoms with Gasteiger partial charge in [0.2, 0.25) is 5.82 Å². The zero-order valence-electron chi connectivity index (χ0n) is 9.49. The van der Waals surface area contributed by atoms with Crippen LogP contribution in [0.25, 0.3) is 0 Å². The van der Waals surface area contributed by atoms with Gasteiger partial charge in [-0.05, 0) is 19.3 Å². The van der Waals surface area contributed by atoms with Crippen LogP contribution in [0.2, 0.25) is 0 Å². The van der Waals surface area contributed by atoms with E-state index < -0.39 is 0 Å². The molecule has 0 aliphatic carbocycles. The summed E-state index contributed by atoms with van der Waals surface area (Å²) in [6, 6.07) is 0. The van der Waals surface area contributed by atoms with Crippen molar-refractivity contribution in [2.24, 2.45) is 0 Å². The lowest BCUT2D eigenvalue weighted by Crippen LogP contribution is -2.25. The van der Waals surface area contributed by atoms with Crippen molar-refractivity contribution in [3.63, 3.8) is 0 Å². The van der Waals surface area contributed by atoms with Crippen LogP contribution in [0.5, 0.6) is 0 Å². The lowest BCUT2D eigenvalue weighted by Gasteiger charge is -2.00.